The Balaban J connectivity index is 1.97. The third-order valence-corrected chi connectivity index (χ3v) is 4.43. The van der Waals surface area contributed by atoms with Crippen molar-refractivity contribution in [2.75, 3.05) is 41.9 Å². The number of nitrogens with one attached hydrogen (secondary N) is 2. The summed E-state index contributed by atoms with van der Waals surface area (Å²) < 4.78 is 10.7. The Morgan fingerprint density at radius 1 is 1.00 bits per heavy atom. The van der Waals surface area contributed by atoms with Crippen molar-refractivity contribution >= 4 is 5.96 Å². The number of aliphatic imine (C=N–C) groups is 1. The standard InChI is InChI=1S/C21H30N4O2/c1-22-21(23-14-16-10-12-17(26-4)13-11-16)24-15-19(25(2)3)18-8-6-7-9-20(18)27-5/h6-13,19H,14-15H2,1-5H3,(H2,22,23,24). The first kappa shape index (κ1) is 20.6. The largest absolute Gasteiger partial charge is 0.497 e. The van der Waals surface area contributed by atoms with Gasteiger partial charge in [0.15, 0.2) is 5.96 Å². The number of ether oxygens (including phenoxy) is 2. The van der Waals surface area contributed by atoms with Gasteiger partial charge in [0.2, 0.25) is 0 Å². The zero-order valence-electron chi connectivity index (χ0n) is 16.8. The number of guanidine groups is 1. The lowest BCUT2D eigenvalue weighted by molar-refractivity contribution is 0.287. The Morgan fingerprint density at radius 2 is 1.70 bits per heavy atom. The molecule has 0 fully saturated rings. The summed E-state index contributed by atoms with van der Waals surface area (Å²) in [6.07, 6.45) is 0. The van der Waals surface area contributed by atoms with Crippen molar-refractivity contribution in [3.63, 3.8) is 0 Å². The highest BCUT2D eigenvalue weighted by Gasteiger charge is 2.18. The number of hydrogen-bond donors (Lipinski definition) is 2. The van der Waals surface area contributed by atoms with Gasteiger partial charge in [0.25, 0.3) is 0 Å². The van der Waals surface area contributed by atoms with Crippen molar-refractivity contribution in [3.05, 3.63) is 59.7 Å². The molecule has 27 heavy (non-hydrogen) atoms. The highest BCUT2D eigenvalue weighted by Crippen LogP contribution is 2.27. The van der Waals surface area contributed by atoms with E-state index in [4.69, 9.17) is 9.47 Å². The van der Waals surface area contributed by atoms with Crippen LogP contribution in [0.5, 0.6) is 11.5 Å². The molecule has 0 bridgehead atoms. The van der Waals surface area contributed by atoms with Gasteiger partial charge in [0, 0.05) is 25.7 Å². The van der Waals surface area contributed by atoms with Gasteiger partial charge in [0.1, 0.15) is 11.5 Å². The summed E-state index contributed by atoms with van der Waals surface area (Å²) in [5.41, 5.74) is 2.30. The van der Waals surface area contributed by atoms with Crippen LogP contribution in [0.4, 0.5) is 0 Å². The lowest BCUT2D eigenvalue weighted by Crippen LogP contribution is -2.41. The number of rotatable bonds is 8. The maximum atomic E-state index is 5.52. The zero-order valence-corrected chi connectivity index (χ0v) is 16.8. The molecule has 0 aliphatic heterocycles. The monoisotopic (exact) mass is 370 g/mol. The molecule has 0 saturated heterocycles. The van der Waals surface area contributed by atoms with Crippen LogP contribution in [0.3, 0.4) is 0 Å². The van der Waals surface area contributed by atoms with E-state index in [-0.39, 0.29) is 6.04 Å². The minimum atomic E-state index is 0.153. The van der Waals surface area contributed by atoms with Crippen LogP contribution in [0.2, 0.25) is 0 Å². The molecule has 0 radical (unpaired) electrons. The first-order valence-corrected chi connectivity index (χ1v) is 8.95. The topological polar surface area (TPSA) is 58.1 Å². The Labute approximate surface area is 162 Å². The van der Waals surface area contributed by atoms with Gasteiger partial charge in [0.05, 0.1) is 20.3 Å². The Hall–Kier alpha value is -2.73. The summed E-state index contributed by atoms with van der Waals surface area (Å²) >= 11 is 0. The highest BCUT2D eigenvalue weighted by molar-refractivity contribution is 5.79. The Bertz CT molecular complexity index is 729. The lowest BCUT2D eigenvalue weighted by atomic mass is 10.0. The molecule has 6 heteroatoms. The number of benzene rings is 2. The van der Waals surface area contributed by atoms with Crippen molar-refractivity contribution in [1.82, 2.24) is 15.5 Å². The minimum Gasteiger partial charge on any atom is -0.497 e. The van der Waals surface area contributed by atoms with Crippen LogP contribution in [-0.2, 0) is 6.54 Å². The van der Waals surface area contributed by atoms with Crippen LogP contribution in [0.25, 0.3) is 0 Å². The quantitative estimate of drug-likeness (QED) is 0.553. The normalized spacial score (nSPS) is 12.6. The Kier molecular flexibility index (Phi) is 7.95. The molecule has 2 N–H and O–H groups in total. The van der Waals surface area contributed by atoms with E-state index in [9.17, 15) is 0 Å². The molecule has 0 heterocycles. The molecule has 1 unspecified atom stereocenters. The first-order valence-electron chi connectivity index (χ1n) is 8.95. The van der Waals surface area contributed by atoms with Crippen molar-refractivity contribution in [1.29, 1.82) is 0 Å². The van der Waals surface area contributed by atoms with Crippen molar-refractivity contribution < 1.29 is 9.47 Å². The second-order valence-corrected chi connectivity index (χ2v) is 6.38. The van der Waals surface area contributed by atoms with Gasteiger partial charge in [-0.15, -0.1) is 0 Å². The summed E-state index contributed by atoms with van der Waals surface area (Å²) in [6, 6.07) is 16.2. The van der Waals surface area contributed by atoms with Gasteiger partial charge in [-0.3, -0.25) is 4.99 Å². The van der Waals surface area contributed by atoms with Crippen molar-refractivity contribution in [2.45, 2.75) is 12.6 Å². The Morgan fingerprint density at radius 3 is 2.30 bits per heavy atom. The van der Waals surface area contributed by atoms with Gasteiger partial charge in [-0.1, -0.05) is 30.3 Å². The fourth-order valence-corrected chi connectivity index (χ4v) is 2.86. The second kappa shape index (κ2) is 10.4. The maximum Gasteiger partial charge on any atom is 0.191 e. The molecule has 0 aliphatic rings. The molecule has 6 nitrogen and oxygen atoms in total. The van der Waals surface area contributed by atoms with Crippen LogP contribution < -0.4 is 20.1 Å². The SMILES string of the molecule is CN=C(NCc1ccc(OC)cc1)NCC(c1ccccc1OC)N(C)C. The number of nitrogens with zero attached hydrogens (tertiary/aromatic N) is 2. The van der Waals surface area contributed by atoms with E-state index in [2.05, 4.69) is 40.7 Å². The van der Waals surface area contributed by atoms with E-state index >= 15 is 0 Å². The molecular weight excluding hydrogens is 340 g/mol. The van der Waals surface area contributed by atoms with Gasteiger partial charge >= 0.3 is 0 Å². The van der Waals surface area contributed by atoms with Crippen molar-refractivity contribution in [2.24, 2.45) is 4.99 Å². The molecule has 0 amide bonds. The highest BCUT2D eigenvalue weighted by atomic mass is 16.5. The van der Waals surface area contributed by atoms with Crippen LogP contribution in [-0.4, -0.2) is 52.8 Å². The van der Waals surface area contributed by atoms with Crippen LogP contribution >= 0.6 is 0 Å². The van der Waals surface area contributed by atoms with E-state index in [1.54, 1.807) is 21.3 Å². The lowest BCUT2D eigenvalue weighted by Gasteiger charge is -2.27. The smallest absolute Gasteiger partial charge is 0.191 e. The summed E-state index contributed by atoms with van der Waals surface area (Å²) in [5.74, 6) is 2.50. The van der Waals surface area contributed by atoms with Gasteiger partial charge in [-0.25, -0.2) is 0 Å². The van der Waals surface area contributed by atoms with E-state index in [1.165, 1.54) is 0 Å². The minimum absolute atomic E-state index is 0.153. The molecule has 2 rings (SSSR count). The maximum absolute atomic E-state index is 5.52. The predicted molar refractivity (Wildman–Crippen MR) is 111 cm³/mol. The summed E-state index contributed by atoms with van der Waals surface area (Å²) in [7, 11) is 9.27. The second-order valence-electron chi connectivity index (χ2n) is 6.38. The van der Waals surface area contributed by atoms with E-state index in [0.29, 0.717) is 13.1 Å². The molecule has 0 aromatic heterocycles. The molecule has 0 spiro atoms. The number of hydrogen-bond acceptors (Lipinski definition) is 4. The van der Waals surface area contributed by atoms with E-state index in [0.717, 1.165) is 28.6 Å². The first-order chi connectivity index (χ1) is 13.1. The molecule has 0 saturated carbocycles. The fourth-order valence-electron chi connectivity index (χ4n) is 2.86. The number of likely N-dealkylation sites (N-methyl/N-ethyl adjacent to an activating group) is 1. The van der Waals surface area contributed by atoms with Crippen LogP contribution in [0.1, 0.15) is 17.2 Å². The van der Waals surface area contributed by atoms with Gasteiger partial charge in [-0.05, 0) is 37.9 Å². The fraction of sp³-hybridized carbons (Fsp3) is 0.381. The molecule has 2 aromatic rings. The third kappa shape index (κ3) is 5.89. The van der Waals surface area contributed by atoms with Crippen LogP contribution in [0, 0.1) is 0 Å². The summed E-state index contributed by atoms with van der Waals surface area (Å²) in [5, 5.41) is 6.76. The molecule has 146 valence electrons. The summed E-state index contributed by atoms with van der Waals surface area (Å²) in [6.45, 7) is 1.39. The molecular formula is C21H30N4O2. The van der Waals surface area contributed by atoms with Crippen LogP contribution in [0.15, 0.2) is 53.5 Å². The van der Waals surface area contributed by atoms with E-state index < -0.39 is 0 Å². The van der Waals surface area contributed by atoms with Gasteiger partial charge in [-0.2, -0.15) is 0 Å². The number of para-hydroxylation sites is 1. The molecule has 0 aliphatic carbocycles. The zero-order chi connectivity index (χ0) is 19.6. The molecule has 1 atom stereocenters. The molecule has 2 aromatic carbocycles. The third-order valence-electron chi connectivity index (χ3n) is 4.43. The number of methoxy groups -OCH3 is 2. The van der Waals surface area contributed by atoms with Crippen molar-refractivity contribution in [3.8, 4) is 11.5 Å². The van der Waals surface area contributed by atoms with E-state index in [1.807, 2.05) is 42.5 Å². The van der Waals surface area contributed by atoms with Gasteiger partial charge < -0.3 is 25.0 Å². The average molecular weight is 370 g/mol. The average Bonchev–Trinajstić information content (AvgIpc) is 2.70. The summed E-state index contributed by atoms with van der Waals surface area (Å²) in [4.78, 5) is 6.49. The predicted octanol–water partition coefficient (Wildman–Crippen LogP) is 2.67.